The van der Waals surface area contributed by atoms with Crippen LogP contribution in [0.1, 0.15) is 36.2 Å². The fraction of sp³-hybridized carbons (Fsp3) is 0.571. The first-order valence-corrected chi connectivity index (χ1v) is 11.1. The second-order valence-electron chi connectivity index (χ2n) is 7.46. The van der Waals surface area contributed by atoms with Crippen LogP contribution in [-0.2, 0) is 22.6 Å². The molecule has 0 aromatic carbocycles. The number of pyridine rings is 1. The van der Waals surface area contributed by atoms with E-state index in [9.17, 15) is 0 Å². The van der Waals surface area contributed by atoms with Crippen molar-refractivity contribution in [3.63, 3.8) is 0 Å². The van der Waals surface area contributed by atoms with Crippen LogP contribution in [0.5, 0.6) is 0 Å². The van der Waals surface area contributed by atoms with Gasteiger partial charge in [0, 0.05) is 52.4 Å². The first-order valence-electron chi connectivity index (χ1n) is 10.2. The molecule has 0 radical (unpaired) electrons. The Kier molecular flexibility index (Phi) is 10.4. The van der Waals surface area contributed by atoms with E-state index < -0.39 is 0 Å². The van der Waals surface area contributed by atoms with E-state index in [4.69, 9.17) is 9.47 Å². The van der Waals surface area contributed by atoms with Gasteiger partial charge < -0.3 is 24.6 Å². The Balaban J connectivity index is 0.00000341. The molecule has 8 nitrogen and oxygen atoms in total. The lowest BCUT2D eigenvalue weighted by Crippen LogP contribution is -2.41. The number of ether oxygens (including phenoxy) is 2. The molecule has 2 aromatic heterocycles. The Bertz CT molecular complexity index is 832. The Morgan fingerprint density at radius 2 is 2.29 bits per heavy atom. The monoisotopic (exact) mass is 560 g/mol. The highest BCUT2D eigenvalue weighted by atomic mass is 127. The maximum atomic E-state index is 5.61. The lowest BCUT2D eigenvalue weighted by atomic mass is 10.2. The SMILES string of the molecule is CN=C(NCc1ccc(N2CCOC(C)C2)nc1)N(C)Cc1csc(C(C)OC)n1.I. The molecule has 10 heteroatoms. The molecule has 3 rings (SSSR count). The second-order valence-corrected chi connectivity index (χ2v) is 8.35. The van der Waals surface area contributed by atoms with Gasteiger partial charge in [0.05, 0.1) is 24.9 Å². The van der Waals surface area contributed by atoms with E-state index in [2.05, 4.69) is 54.5 Å². The molecule has 2 atom stereocenters. The summed E-state index contributed by atoms with van der Waals surface area (Å²) in [7, 11) is 5.50. The summed E-state index contributed by atoms with van der Waals surface area (Å²) in [6.07, 6.45) is 2.18. The average Bonchev–Trinajstić information content (AvgIpc) is 3.22. The maximum Gasteiger partial charge on any atom is 0.194 e. The lowest BCUT2D eigenvalue weighted by Gasteiger charge is -2.32. The van der Waals surface area contributed by atoms with Gasteiger partial charge in [-0.05, 0) is 25.5 Å². The molecule has 1 fully saturated rings. The molecule has 2 aromatic rings. The molecule has 0 aliphatic carbocycles. The number of guanidine groups is 1. The highest BCUT2D eigenvalue weighted by molar-refractivity contribution is 14.0. The molecule has 172 valence electrons. The Labute approximate surface area is 206 Å². The molecule has 31 heavy (non-hydrogen) atoms. The zero-order valence-corrected chi connectivity index (χ0v) is 22.0. The summed E-state index contributed by atoms with van der Waals surface area (Å²) >= 11 is 1.62. The van der Waals surface area contributed by atoms with Crippen molar-refractivity contribution >= 4 is 47.1 Å². The van der Waals surface area contributed by atoms with Gasteiger partial charge in [-0.2, -0.15) is 0 Å². The van der Waals surface area contributed by atoms with Crippen molar-refractivity contribution in [1.82, 2.24) is 20.2 Å². The van der Waals surface area contributed by atoms with Crippen molar-refractivity contribution in [3.8, 4) is 0 Å². The Morgan fingerprint density at radius 1 is 1.48 bits per heavy atom. The molecule has 1 aliphatic rings. The van der Waals surface area contributed by atoms with E-state index in [1.165, 1.54) is 0 Å². The Morgan fingerprint density at radius 3 is 2.94 bits per heavy atom. The van der Waals surface area contributed by atoms with Crippen LogP contribution in [0.25, 0.3) is 0 Å². The van der Waals surface area contributed by atoms with Crippen LogP contribution in [0.15, 0.2) is 28.7 Å². The minimum absolute atomic E-state index is 0. The van der Waals surface area contributed by atoms with Crippen molar-refractivity contribution in [1.29, 1.82) is 0 Å². The number of halogens is 1. The number of hydrogen-bond acceptors (Lipinski definition) is 7. The van der Waals surface area contributed by atoms with Crippen molar-refractivity contribution < 1.29 is 9.47 Å². The minimum atomic E-state index is 0. The number of rotatable bonds is 7. The number of aliphatic imine (C=N–C) groups is 1. The molecule has 0 bridgehead atoms. The topological polar surface area (TPSA) is 75.1 Å². The number of aromatic nitrogens is 2. The summed E-state index contributed by atoms with van der Waals surface area (Å²) < 4.78 is 11.0. The van der Waals surface area contributed by atoms with E-state index in [0.29, 0.717) is 13.1 Å². The maximum absolute atomic E-state index is 5.61. The summed E-state index contributed by atoms with van der Waals surface area (Å²) in [5, 5.41) is 6.47. The average molecular weight is 561 g/mol. The van der Waals surface area contributed by atoms with Crippen LogP contribution in [0, 0.1) is 0 Å². The van der Waals surface area contributed by atoms with Gasteiger partial charge in [0.15, 0.2) is 5.96 Å². The van der Waals surface area contributed by atoms with E-state index in [1.54, 1.807) is 25.5 Å². The number of hydrogen-bond donors (Lipinski definition) is 1. The third-order valence-electron chi connectivity index (χ3n) is 5.07. The summed E-state index contributed by atoms with van der Waals surface area (Å²) in [6, 6.07) is 4.19. The minimum Gasteiger partial charge on any atom is -0.375 e. The van der Waals surface area contributed by atoms with Gasteiger partial charge in [0.2, 0.25) is 0 Å². The molecular formula is C21H33IN6O2S. The third-order valence-corrected chi connectivity index (χ3v) is 6.12. The number of thiazole rings is 1. The normalized spacial score (nSPS) is 17.8. The van der Waals surface area contributed by atoms with Crippen LogP contribution >= 0.6 is 35.3 Å². The van der Waals surface area contributed by atoms with Crippen LogP contribution in [0.2, 0.25) is 0 Å². The standard InChI is InChI=1S/C21H32N6O2S.HI/c1-15-12-27(8-9-29-15)19-7-6-17(10-23-19)11-24-21(22-3)26(4)13-18-14-30-20(25-18)16(2)28-5;/h6-7,10,14-16H,8-9,11-13H2,1-5H3,(H,22,24);1H. The smallest absolute Gasteiger partial charge is 0.194 e. The fourth-order valence-electron chi connectivity index (χ4n) is 3.30. The first-order chi connectivity index (χ1) is 14.5. The van der Waals surface area contributed by atoms with Gasteiger partial charge in [0.1, 0.15) is 16.9 Å². The van der Waals surface area contributed by atoms with Gasteiger partial charge in [-0.3, -0.25) is 4.99 Å². The van der Waals surface area contributed by atoms with Crippen molar-refractivity contribution in [2.24, 2.45) is 4.99 Å². The summed E-state index contributed by atoms with van der Waals surface area (Å²) in [4.78, 5) is 18.0. The lowest BCUT2D eigenvalue weighted by molar-refractivity contribution is 0.0529. The van der Waals surface area contributed by atoms with Crippen LogP contribution in [0.4, 0.5) is 5.82 Å². The van der Waals surface area contributed by atoms with E-state index in [0.717, 1.165) is 47.7 Å². The van der Waals surface area contributed by atoms with Crippen molar-refractivity contribution in [2.45, 2.75) is 39.1 Å². The Hall–Kier alpha value is -1.50. The molecule has 0 amide bonds. The molecule has 1 N–H and O–H groups in total. The van der Waals surface area contributed by atoms with Crippen LogP contribution in [0.3, 0.4) is 0 Å². The quantitative estimate of drug-likeness (QED) is 0.317. The van der Waals surface area contributed by atoms with Crippen LogP contribution in [-0.4, -0.2) is 67.8 Å². The van der Waals surface area contributed by atoms with Gasteiger partial charge in [-0.25, -0.2) is 9.97 Å². The van der Waals surface area contributed by atoms with Gasteiger partial charge in [0.25, 0.3) is 0 Å². The van der Waals surface area contributed by atoms with Gasteiger partial charge >= 0.3 is 0 Å². The van der Waals surface area contributed by atoms with Crippen molar-refractivity contribution in [3.05, 3.63) is 40.0 Å². The molecule has 3 heterocycles. The number of nitrogens with one attached hydrogen (secondary N) is 1. The first kappa shape index (κ1) is 25.8. The molecular weight excluding hydrogens is 527 g/mol. The highest BCUT2D eigenvalue weighted by Crippen LogP contribution is 2.21. The molecule has 1 saturated heterocycles. The highest BCUT2D eigenvalue weighted by Gasteiger charge is 2.18. The number of anilines is 1. The largest absolute Gasteiger partial charge is 0.375 e. The van der Waals surface area contributed by atoms with E-state index in [-0.39, 0.29) is 36.2 Å². The van der Waals surface area contributed by atoms with E-state index >= 15 is 0 Å². The fourth-order valence-corrected chi connectivity index (χ4v) is 4.14. The zero-order valence-electron chi connectivity index (χ0n) is 18.9. The summed E-state index contributed by atoms with van der Waals surface area (Å²) in [5.74, 6) is 1.82. The van der Waals surface area contributed by atoms with Crippen molar-refractivity contribution in [2.75, 3.05) is 45.8 Å². The molecule has 0 spiro atoms. The predicted molar refractivity (Wildman–Crippen MR) is 136 cm³/mol. The number of methoxy groups -OCH3 is 1. The molecule has 2 unspecified atom stereocenters. The number of morpholine rings is 1. The molecule has 1 aliphatic heterocycles. The van der Waals surface area contributed by atoms with Gasteiger partial charge in [-0.15, -0.1) is 35.3 Å². The van der Waals surface area contributed by atoms with Gasteiger partial charge in [-0.1, -0.05) is 6.07 Å². The predicted octanol–water partition coefficient (Wildman–Crippen LogP) is 3.30. The zero-order chi connectivity index (χ0) is 21.5. The third kappa shape index (κ3) is 7.26. The number of nitrogens with zero attached hydrogens (tertiary/aromatic N) is 5. The summed E-state index contributed by atoms with van der Waals surface area (Å²) in [6.45, 7) is 7.95. The van der Waals surface area contributed by atoms with E-state index in [1.807, 2.05) is 20.2 Å². The molecule has 0 saturated carbocycles. The second kappa shape index (κ2) is 12.5. The van der Waals surface area contributed by atoms with Crippen LogP contribution < -0.4 is 10.2 Å². The summed E-state index contributed by atoms with van der Waals surface area (Å²) in [5.41, 5.74) is 2.12.